The van der Waals surface area contributed by atoms with Crippen molar-refractivity contribution in [2.45, 2.75) is 6.18 Å². The third kappa shape index (κ3) is 3.13. The molecule has 0 unspecified atom stereocenters. The molecule has 0 saturated carbocycles. The van der Waals surface area contributed by atoms with Crippen molar-refractivity contribution in [2.24, 2.45) is 0 Å². The smallest absolute Gasteiger partial charge is 0.267 e. The molecular formula is C16H10F3N3O. The Morgan fingerprint density at radius 1 is 0.957 bits per heavy atom. The zero-order valence-corrected chi connectivity index (χ0v) is 11.7. The number of pyridine rings is 1. The summed E-state index contributed by atoms with van der Waals surface area (Å²) in [6, 6.07) is 10.7. The molecule has 0 fully saturated rings. The van der Waals surface area contributed by atoms with E-state index in [4.69, 9.17) is 0 Å². The van der Waals surface area contributed by atoms with Crippen molar-refractivity contribution in [3.05, 3.63) is 76.8 Å². The van der Waals surface area contributed by atoms with Crippen molar-refractivity contribution < 1.29 is 13.2 Å². The summed E-state index contributed by atoms with van der Waals surface area (Å²) < 4.78 is 38.9. The first kappa shape index (κ1) is 15.0. The fourth-order valence-corrected chi connectivity index (χ4v) is 2.06. The predicted octanol–water partition coefficient (Wildman–Crippen LogP) is 3.31. The van der Waals surface area contributed by atoms with E-state index in [1.807, 2.05) is 0 Å². The highest BCUT2D eigenvalue weighted by molar-refractivity contribution is 5.59. The molecule has 0 radical (unpaired) electrons. The number of hydrogen-bond donors (Lipinski definition) is 0. The van der Waals surface area contributed by atoms with Crippen LogP contribution in [0.5, 0.6) is 0 Å². The third-order valence-electron chi connectivity index (χ3n) is 3.20. The van der Waals surface area contributed by atoms with Crippen molar-refractivity contribution in [3.63, 3.8) is 0 Å². The Morgan fingerprint density at radius 3 is 2.30 bits per heavy atom. The fourth-order valence-electron chi connectivity index (χ4n) is 2.06. The lowest BCUT2D eigenvalue weighted by Crippen LogP contribution is -2.20. The molecule has 0 spiro atoms. The normalized spacial score (nSPS) is 11.4. The molecule has 3 aromatic rings. The molecular weight excluding hydrogens is 307 g/mol. The minimum atomic E-state index is -4.39. The van der Waals surface area contributed by atoms with Crippen LogP contribution in [0.3, 0.4) is 0 Å². The molecule has 0 aliphatic carbocycles. The van der Waals surface area contributed by atoms with Crippen LogP contribution in [0.25, 0.3) is 16.9 Å². The molecule has 0 aliphatic rings. The number of hydrogen-bond acceptors (Lipinski definition) is 3. The van der Waals surface area contributed by atoms with Gasteiger partial charge in [0.15, 0.2) is 0 Å². The van der Waals surface area contributed by atoms with E-state index in [0.717, 1.165) is 16.8 Å². The van der Waals surface area contributed by atoms with Gasteiger partial charge < -0.3 is 0 Å². The number of halogens is 3. The van der Waals surface area contributed by atoms with Gasteiger partial charge in [0.25, 0.3) is 5.56 Å². The number of aromatic nitrogens is 3. The van der Waals surface area contributed by atoms with Gasteiger partial charge in [-0.3, -0.25) is 9.78 Å². The molecule has 0 saturated heterocycles. The molecule has 0 aliphatic heterocycles. The van der Waals surface area contributed by atoms with E-state index >= 15 is 0 Å². The Kier molecular flexibility index (Phi) is 3.69. The standard InChI is InChI=1S/C16H10F3N3O/c17-16(18,19)12-5-3-11(4-6-12)14-7-8-15(23)22(21-14)13-2-1-9-20-10-13/h1-10H. The zero-order chi connectivity index (χ0) is 16.4. The van der Waals surface area contributed by atoms with Crippen LogP contribution >= 0.6 is 0 Å². The Hall–Kier alpha value is -2.96. The Bertz CT molecular complexity index is 872. The van der Waals surface area contributed by atoms with Gasteiger partial charge in [-0.05, 0) is 30.3 Å². The summed E-state index contributed by atoms with van der Waals surface area (Å²) in [6.07, 6.45) is -1.35. The van der Waals surface area contributed by atoms with Crippen LogP contribution in [0.1, 0.15) is 5.56 Å². The summed E-state index contributed by atoms with van der Waals surface area (Å²) in [6.45, 7) is 0. The average molecular weight is 317 g/mol. The minimum absolute atomic E-state index is 0.353. The van der Waals surface area contributed by atoms with Crippen LogP contribution < -0.4 is 5.56 Å². The summed E-state index contributed by atoms with van der Waals surface area (Å²) in [5, 5.41) is 4.19. The van der Waals surface area contributed by atoms with E-state index in [9.17, 15) is 18.0 Å². The highest BCUT2D eigenvalue weighted by Crippen LogP contribution is 2.30. The maximum Gasteiger partial charge on any atom is 0.416 e. The maximum absolute atomic E-state index is 12.6. The Morgan fingerprint density at radius 2 is 1.70 bits per heavy atom. The van der Waals surface area contributed by atoms with Crippen LogP contribution in [-0.2, 0) is 6.18 Å². The highest BCUT2D eigenvalue weighted by Gasteiger charge is 2.30. The van der Waals surface area contributed by atoms with Crippen LogP contribution in [0.2, 0.25) is 0 Å². The topological polar surface area (TPSA) is 47.8 Å². The molecule has 0 bridgehead atoms. The third-order valence-corrected chi connectivity index (χ3v) is 3.20. The summed E-state index contributed by atoms with van der Waals surface area (Å²) in [5.74, 6) is 0. The van der Waals surface area contributed by atoms with Gasteiger partial charge in [0.1, 0.15) is 0 Å². The van der Waals surface area contributed by atoms with Gasteiger partial charge in [0, 0.05) is 17.8 Å². The number of benzene rings is 1. The van der Waals surface area contributed by atoms with Gasteiger partial charge in [0.2, 0.25) is 0 Å². The van der Waals surface area contributed by atoms with Crippen LogP contribution in [0.15, 0.2) is 65.7 Å². The molecule has 23 heavy (non-hydrogen) atoms. The van der Waals surface area contributed by atoms with Crippen LogP contribution in [0.4, 0.5) is 13.2 Å². The maximum atomic E-state index is 12.6. The molecule has 0 amide bonds. The highest BCUT2D eigenvalue weighted by atomic mass is 19.4. The first-order chi connectivity index (χ1) is 10.9. The molecule has 1 aromatic carbocycles. The van der Waals surface area contributed by atoms with Gasteiger partial charge in [-0.1, -0.05) is 12.1 Å². The Labute approximate surface area is 128 Å². The minimum Gasteiger partial charge on any atom is -0.267 e. The molecule has 3 rings (SSSR count). The molecule has 7 heteroatoms. The summed E-state index contributed by atoms with van der Waals surface area (Å²) in [7, 11) is 0. The van der Waals surface area contributed by atoms with Gasteiger partial charge in [-0.25, -0.2) is 0 Å². The zero-order valence-electron chi connectivity index (χ0n) is 11.7. The van der Waals surface area contributed by atoms with E-state index < -0.39 is 11.7 Å². The van der Waals surface area contributed by atoms with Crippen molar-refractivity contribution in [1.82, 2.24) is 14.8 Å². The SMILES string of the molecule is O=c1ccc(-c2ccc(C(F)(F)F)cc2)nn1-c1cccnc1. The van der Waals surface area contributed by atoms with Crippen LogP contribution in [-0.4, -0.2) is 14.8 Å². The van der Waals surface area contributed by atoms with E-state index in [0.29, 0.717) is 16.9 Å². The summed E-state index contributed by atoms with van der Waals surface area (Å²) >= 11 is 0. The molecule has 0 atom stereocenters. The average Bonchev–Trinajstić information content (AvgIpc) is 2.55. The van der Waals surface area contributed by atoms with Crippen molar-refractivity contribution in [2.75, 3.05) is 0 Å². The first-order valence-electron chi connectivity index (χ1n) is 6.63. The monoisotopic (exact) mass is 317 g/mol. The van der Waals surface area contributed by atoms with Crippen molar-refractivity contribution in [3.8, 4) is 16.9 Å². The second kappa shape index (κ2) is 5.68. The lowest BCUT2D eigenvalue weighted by Gasteiger charge is -2.09. The van der Waals surface area contributed by atoms with E-state index in [2.05, 4.69) is 10.1 Å². The van der Waals surface area contributed by atoms with Gasteiger partial charge in [-0.2, -0.15) is 23.0 Å². The van der Waals surface area contributed by atoms with E-state index in [1.165, 1.54) is 30.5 Å². The van der Waals surface area contributed by atoms with Crippen molar-refractivity contribution in [1.29, 1.82) is 0 Å². The number of rotatable bonds is 2. The largest absolute Gasteiger partial charge is 0.416 e. The predicted molar refractivity (Wildman–Crippen MR) is 78.1 cm³/mol. The second-order valence-corrected chi connectivity index (χ2v) is 4.75. The lowest BCUT2D eigenvalue weighted by atomic mass is 10.1. The molecule has 116 valence electrons. The quantitative estimate of drug-likeness (QED) is 0.728. The lowest BCUT2D eigenvalue weighted by molar-refractivity contribution is -0.137. The summed E-state index contributed by atoms with van der Waals surface area (Å²) in [5.41, 5.74) is 0.263. The Balaban J connectivity index is 2.03. The number of alkyl halides is 3. The number of nitrogens with zero attached hydrogens (tertiary/aromatic N) is 3. The first-order valence-corrected chi connectivity index (χ1v) is 6.63. The molecule has 4 nitrogen and oxygen atoms in total. The van der Waals surface area contributed by atoms with E-state index in [1.54, 1.807) is 18.3 Å². The summed E-state index contributed by atoms with van der Waals surface area (Å²) in [4.78, 5) is 15.8. The van der Waals surface area contributed by atoms with Crippen molar-refractivity contribution >= 4 is 0 Å². The fraction of sp³-hybridized carbons (Fsp3) is 0.0625. The van der Waals surface area contributed by atoms with Crippen LogP contribution in [0, 0.1) is 0 Å². The van der Waals surface area contributed by atoms with E-state index in [-0.39, 0.29) is 5.56 Å². The van der Waals surface area contributed by atoms with Gasteiger partial charge >= 0.3 is 6.18 Å². The molecule has 0 N–H and O–H groups in total. The second-order valence-electron chi connectivity index (χ2n) is 4.75. The molecule has 2 heterocycles. The van der Waals surface area contributed by atoms with Gasteiger partial charge in [0.05, 0.1) is 23.1 Å². The molecule has 2 aromatic heterocycles. The van der Waals surface area contributed by atoms with Gasteiger partial charge in [-0.15, -0.1) is 0 Å².